The number of allylic oxidation sites excluding steroid dienone is 3. The van der Waals surface area contributed by atoms with Crippen molar-refractivity contribution in [1.29, 1.82) is 0 Å². The normalized spacial score (nSPS) is 46.8. The number of aliphatic hydroxyl groups excluding tert-OH is 2. The Bertz CT molecular complexity index is 2480. The van der Waals surface area contributed by atoms with E-state index < -0.39 is 51.4 Å². The third-order valence-corrected chi connectivity index (χ3v) is 24.2. The molecule has 0 bridgehead atoms. The number of ether oxygens (including phenoxy) is 2. The molecule has 386 valence electrons. The monoisotopic (exact) mass is 971 g/mol. The van der Waals surface area contributed by atoms with Gasteiger partial charge in [0.25, 0.3) is 0 Å². The quantitative estimate of drug-likeness (QED) is 0.110. The van der Waals surface area contributed by atoms with Crippen LogP contribution in [-0.2, 0) is 27.1 Å². The highest BCUT2D eigenvalue weighted by Crippen LogP contribution is 2.80. The van der Waals surface area contributed by atoms with E-state index in [0.717, 1.165) is 62.5 Å². The number of benzene rings is 1. The molecule has 9 nitrogen and oxygen atoms in total. The first-order valence-corrected chi connectivity index (χ1v) is 28.6. The van der Waals surface area contributed by atoms with Crippen molar-refractivity contribution in [3.05, 3.63) is 70.6 Å². The zero-order valence-corrected chi connectivity index (χ0v) is 43.8. The van der Waals surface area contributed by atoms with Crippen molar-refractivity contribution in [2.24, 2.45) is 73.7 Å². The number of ketones is 1. The predicted molar refractivity (Wildman–Crippen MR) is 275 cm³/mol. The van der Waals surface area contributed by atoms with Gasteiger partial charge >= 0.3 is 0 Å². The molecule has 3 aliphatic heterocycles. The van der Waals surface area contributed by atoms with E-state index >= 15 is 4.79 Å². The number of aryl methyl sites for hydroxylation is 1. The number of rotatable bonds is 8. The maximum Gasteiger partial charge on any atom is 0.159 e. The van der Waals surface area contributed by atoms with Crippen LogP contribution in [-0.4, -0.2) is 81.1 Å². The molecule has 71 heavy (non-hydrogen) atoms. The summed E-state index contributed by atoms with van der Waals surface area (Å²) in [6, 6.07) is 8.94. The van der Waals surface area contributed by atoms with Gasteiger partial charge in [0.05, 0.1) is 29.7 Å². The first kappa shape index (κ1) is 48.9. The van der Waals surface area contributed by atoms with Crippen molar-refractivity contribution in [2.45, 2.75) is 205 Å². The van der Waals surface area contributed by atoms with Crippen LogP contribution in [0.4, 0.5) is 0 Å². The molecule has 11 aliphatic rings. The molecule has 1 aromatic rings. The Morgan fingerprint density at radius 3 is 2.49 bits per heavy atom. The van der Waals surface area contributed by atoms with Crippen LogP contribution in [0.15, 0.2) is 59.5 Å². The van der Waals surface area contributed by atoms with Gasteiger partial charge in [0.2, 0.25) is 0 Å². The van der Waals surface area contributed by atoms with Crippen LogP contribution in [0.3, 0.4) is 0 Å². The molecule has 0 unspecified atom stereocenters. The summed E-state index contributed by atoms with van der Waals surface area (Å²) in [4.78, 5) is 15.5. The molecule has 6 saturated carbocycles. The van der Waals surface area contributed by atoms with Crippen molar-refractivity contribution in [2.75, 3.05) is 19.8 Å². The molecule has 3 spiro atoms. The number of dihydropyridines is 1. The molecule has 1 aromatic carbocycles. The van der Waals surface area contributed by atoms with E-state index in [1.807, 2.05) is 26.0 Å². The lowest BCUT2D eigenvalue weighted by Gasteiger charge is -2.68. The molecular formula is C62H86N2O7. The standard InChI is InChI=1S/C62H86N2O7/c1-39-20-30-70-61(34-39,53-52(71-53)57(5,68)54(2,38-65)23-17-40-19-29-64-50(63)31-40)48-18-24-62(69)46-33-47(67)45-32-44(66)36-60-28-27-59(26-25-58(37-59)21-8-9-22-58)49(60)14-10-13-41-11-6-7-12-42(41)15-16-43(35-55(48,62)3)51(46)56(45,60)4/h6-7,11-12,19,31,33,39,43-45,48-49,51-53,64-66,68-69H,8-9,13,15-18,20-30,32,34-38,63H2,1-5H3/t39-,43-,44-,45+,48+,49-,51+,52+,53+,54+,55-,56+,57+,59-,60-,61-,62-/m1/s1. The lowest BCUT2D eigenvalue weighted by Crippen LogP contribution is -2.69. The average Bonchev–Trinajstić information content (AvgIpc) is 3.63. The number of hydrogen-bond acceptors (Lipinski definition) is 9. The minimum Gasteiger partial charge on any atom is -0.396 e. The fourth-order valence-corrected chi connectivity index (χ4v) is 20.3. The lowest BCUT2D eigenvalue weighted by atomic mass is 9.35. The maximum absolute atomic E-state index is 15.5. The second-order valence-electron chi connectivity index (χ2n) is 27.4. The highest BCUT2D eigenvalue weighted by molar-refractivity contribution is 5.95. The van der Waals surface area contributed by atoms with Crippen LogP contribution in [0, 0.1) is 79.8 Å². The van der Waals surface area contributed by atoms with Gasteiger partial charge in [0.15, 0.2) is 5.78 Å². The zero-order valence-electron chi connectivity index (χ0n) is 43.8. The summed E-state index contributed by atoms with van der Waals surface area (Å²) >= 11 is 0. The van der Waals surface area contributed by atoms with E-state index in [9.17, 15) is 20.4 Å². The lowest BCUT2D eigenvalue weighted by molar-refractivity contribution is -0.216. The summed E-state index contributed by atoms with van der Waals surface area (Å²) in [6.45, 7) is 12.0. The van der Waals surface area contributed by atoms with Gasteiger partial charge in [-0.05, 0) is 202 Å². The van der Waals surface area contributed by atoms with Gasteiger partial charge in [-0.15, -0.1) is 0 Å². The highest BCUT2D eigenvalue weighted by Gasteiger charge is 2.79. The van der Waals surface area contributed by atoms with Gasteiger partial charge < -0.3 is 41.0 Å². The summed E-state index contributed by atoms with van der Waals surface area (Å²) in [6.07, 6.45) is 24.1. The summed E-state index contributed by atoms with van der Waals surface area (Å²) < 4.78 is 14.2. The molecule has 9 heteroatoms. The Kier molecular flexibility index (Phi) is 11.6. The molecule has 3 heterocycles. The number of fused-ring (bicyclic) bond motifs is 4. The SMILES string of the molecule is C[C@@H]1CCO[C@]([C@H]2CC[C@@]3(O)C4=CC(=O)[C@@H]5C[C@@H](O)C[C@]67CC[C@@]8(CCC9(CCCC9)C8)[C@H]6C#CCc6ccccc6CC[C@H](C[C@]23C)[C@@H]4[C@]57C)([C@H]2O[C@@H]2[C@](C)(O)[C@](C)(CO)CCC2=CCNC(N)=C2)C1. The first-order valence-electron chi connectivity index (χ1n) is 28.6. The van der Waals surface area contributed by atoms with E-state index in [1.54, 1.807) is 0 Å². The summed E-state index contributed by atoms with van der Waals surface area (Å²) in [5, 5.41) is 53.7. The number of aliphatic hydroxyl groups is 4. The average molecular weight is 971 g/mol. The van der Waals surface area contributed by atoms with Crippen molar-refractivity contribution < 1.29 is 34.7 Å². The highest BCUT2D eigenvalue weighted by atomic mass is 16.6. The Morgan fingerprint density at radius 1 is 0.958 bits per heavy atom. The van der Waals surface area contributed by atoms with Gasteiger partial charge in [0.1, 0.15) is 17.8 Å². The molecule has 0 radical (unpaired) electrons. The Labute approximate surface area is 424 Å². The molecule has 0 amide bonds. The number of epoxide rings is 1. The number of nitrogens with two attached hydrogens (primary N) is 1. The van der Waals surface area contributed by atoms with Gasteiger partial charge in [0, 0.05) is 42.2 Å². The van der Waals surface area contributed by atoms with E-state index in [4.69, 9.17) is 15.2 Å². The fourth-order valence-electron chi connectivity index (χ4n) is 20.3. The molecule has 2 saturated heterocycles. The summed E-state index contributed by atoms with van der Waals surface area (Å²) in [5.41, 5.74) is 5.44. The number of carbonyl (C=O) groups is 1. The Hall–Kier alpha value is -2.97. The molecule has 17 atom stereocenters. The minimum absolute atomic E-state index is 0.0410. The molecule has 8 aliphatic carbocycles. The van der Waals surface area contributed by atoms with Crippen LogP contribution in [0.2, 0.25) is 0 Å². The molecule has 0 aromatic heterocycles. The third kappa shape index (κ3) is 6.94. The van der Waals surface area contributed by atoms with Crippen molar-refractivity contribution in [1.82, 2.24) is 5.32 Å². The number of hydrogen-bond donors (Lipinski definition) is 6. The molecule has 12 rings (SSSR count). The van der Waals surface area contributed by atoms with Crippen LogP contribution in [0.1, 0.15) is 168 Å². The van der Waals surface area contributed by atoms with Crippen LogP contribution >= 0.6 is 0 Å². The van der Waals surface area contributed by atoms with Crippen molar-refractivity contribution in [3.63, 3.8) is 0 Å². The summed E-state index contributed by atoms with van der Waals surface area (Å²) in [7, 11) is 0. The van der Waals surface area contributed by atoms with Crippen molar-refractivity contribution >= 4 is 5.78 Å². The molecule has 8 fully saturated rings. The predicted octanol–water partition coefficient (Wildman–Crippen LogP) is 9.19. The minimum atomic E-state index is -1.39. The topological polar surface area (TPSA) is 158 Å². The molecule has 7 N–H and O–H groups in total. The first-order chi connectivity index (χ1) is 33.8. The third-order valence-electron chi connectivity index (χ3n) is 24.2. The Morgan fingerprint density at radius 2 is 1.73 bits per heavy atom. The van der Waals surface area contributed by atoms with Crippen LogP contribution < -0.4 is 11.1 Å². The largest absolute Gasteiger partial charge is 0.396 e. The van der Waals surface area contributed by atoms with Gasteiger partial charge in [-0.1, -0.05) is 82.7 Å². The number of carbonyl (C=O) groups excluding carboxylic acids is 1. The second kappa shape index (κ2) is 16.8. The zero-order chi connectivity index (χ0) is 49.6. The van der Waals surface area contributed by atoms with Gasteiger partial charge in [-0.25, -0.2) is 0 Å². The maximum atomic E-state index is 15.5. The van der Waals surface area contributed by atoms with E-state index in [0.29, 0.717) is 68.8 Å². The van der Waals surface area contributed by atoms with Crippen molar-refractivity contribution in [3.8, 4) is 11.8 Å². The van der Waals surface area contributed by atoms with E-state index in [1.165, 1.54) is 56.1 Å². The number of nitrogens with one attached hydrogen (secondary N) is 1. The Balaban J connectivity index is 0.958. The molecular weight excluding hydrogens is 885 g/mol. The van der Waals surface area contributed by atoms with E-state index in [2.05, 4.69) is 68.3 Å². The summed E-state index contributed by atoms with van der Waals surface area (Å²) in [5.74, 6) is 8.82. The van der Waals surface area contributed by atoms with E-state index in [-0.39, 0.29) is 52.8 Å². The second-order valence-corrected chi connectivity index (χ2v) is 27.4. The van der Waals surface area contributed by atoms with Crippen LogP contribution in [0.25, 0.3) is 0 Å². The smallest absolute Gasteiger partial charge is 0.159 e. The van der Waals surface area contributed by atoms with Gasteiger partial charge in [-0.3, -0.25) is 4.79 Å². The van der Waals surface area contributed by atoms with Crippen LogP contribution in [0.5, 0.6) is 0 Å². The fraction of sp³-hybridized carbons (Fsp3) is 0.758. The van der Waals surface area contributed by atoms with Gasteiger partial charge in [-0.2, -0.15) is 0 Å².